The molecule has 1 aliphatic rings. The topological polar surface area (TPSA) is 71.4 Å². The number of benzene rings is 2. The normalized spacial score (nSPS) is 16.3. The number of hydrogen-bond donors (Lipinski definition) is 1. The Morgan fingerprint density at radius 1 is 1.10 bits per heavy atom. The lowest BCUT2D eigenvalue weighted by Gasteiger charge is -2.26. The second-order valence-corrected chi connectivity index (χ2v) is 10.3. The number of fused-ring (bicyclic) bond motifs is 1. The van der Waals surface area contributed by atoms with Crippen molar-refractivity contribution in [3.05, 3.63) is 65.3 Å². The largest absolute Gasteiger partial charge is 0.350 e. The van der Waals surface area contributed by atoms with E-state index in [0.717, 1.165) is 35.7 Å². The Hall–Kier alpha value is -2.35. The number of piperidine rings is 1. The maximum Gasteiger partial charge on any atom is 0.243 e. The van der Waals surface area contributed by atoms with Crippen LogP contribution in [0.15, 0.2) is 59.6 Å². The van der Waals surface area contributed by atoms with E-state index < -0.39 is 16.1 Å². The third-order valence-electron chi connectivity index (χ3n) is 5.80. The molecule has 1 aromatic heterocycles. The summed E-state index contributed by atoms with van der Waals surface area (Å²) in [6.45, 7) is 3.36. The third kappa shape index (κ3) is 4.63. The molecule has 0 saturated carbocycles. The monoisotopic (exact) mass is 459 g/mol. The zero-order valence-electron chi connectivity index (χ0n) is 17.4. The van der Waals surface area contributed by atoms with Gasteiger partial charge in [-0.2, -0.15) is 4.31 Å². The summed E-state index contributed by atoms with van der Waals surface area (Å²) < 4.78 is 29.4. The van der Waals surface area contributed by atoms with E-state index in [-0.39, 0.29) is 5.91 Å². The van der Waals surface area contributed by atoms with Gasteiger partial charge in [-0.3, -0.25) is 4.79 Å². The average Bonchev–Trinajstić information content (AvgIpc) is 3.21. The van der Waals surface area contributed by atoms with Crippen molar-refractivity contribution >= 4 is 38.4 Å². The molecule has 2 heterocycles. The van der Waals surface area contributed by atoms with E-state index in [4.69, 9.17) is 11.6 Å². The van der Waals surface area contributed by atoms with Crippen LogP contribution in [-0.2, 0) is 21.4 Å². The summed E-state index contributed by atoms with van der Waals surface area (Å²) in [6, 6.07) is 13.9. The number of nitrogens with zero attached hydrogens (tertiary/aromatic N) is 2. The highest BCUT2D eigenvalue weighted by atomic mass is 35.5. The third-order valence-corrected chi connectivity index (χ3v) is 7.93. The van der Waals surface area contributed by atoms with Gasteiger partial charge in [0.25, 0.3) is 0 Å². The molecule has 0 spiro atoms. The van der Waals surface area contributed by atoms with Gasteiger partial charge in [-0.15, -0.1) is 0 Å². The van der Waals surface area contributed by atoms with Crippen LogP contribution >= 0.6 is 11.6 Å². The van der Waals surface area contributed by atoms with Crippen molar-refractivity contribution in [1.82, 2.24) is 14.2 Å². The SMILES string of the molecule is C[C@H](C(=O)NCc1cccc(Cl)c1)n1ccc2cc(S(=O)(=O)N3CCCCC3)ccc21. The maximum atomic E-state index is 13.0. The minimum atomic E-state index is -3.49. The van der Waals surface area contributed by atoms with Gasteiger partial charge in [0.05, 0.1) is 4.90 Å². The molecule has 1 saturated heterocycles. The molecular formula is C23H26ClN3O3S. The van der Waals surface area contributed by atoms with Gasteiger partial charge in [-0.05, 0) is 61.7 Å². The number of nitrogens with one attached hydrogen (secondary N) is 1. The zero-order chi connectivity index (χ0) is 22.0. The molecule has 1 amide bonds. The lowest BCUT2D eigenvalue weighted by Crippen LogP contribution is -2.35. The molecule has 1 fully saturated rings. The van der Waals surface area contributed by atoms with Gasteiger partial charge in [0, 0.05) is 41.8 Å². The molecule has 1 N–H and O–H groups in total. The number of rotatable bonds is 6. The van der Waals surface area contributed by atoms with Crippen molar-refractivity contribution < 1.29 is 13.2 Å². The van der Waals surface area contributed by atoms with Gasteiger partial charge in [0.1, 0.15) is 6.04 Å². The van der Waals surface area contributed by atoms with E-state index in [1.54, 1.807) is 28.6 Å². The number of hydrogen-bond acceptors (Lipinski definition) is 3. The Morgan fingerprint density at radius 3 is 2.61 bits per heavy atom. The predicted molar refractivity (Wildman–Crippen MR) is 123 cm³/mol. The summed E-state index contributed by atoms with van der Waals surface area (Å²) >= 11 is 6.00. The van der Waals surface area contributed by atoms with Crippen LogP contribution in [0.5, 0.6) is 0 Å². The smallest absolute Gasteiger partial charge is 0.243 e. The van der Waals surface area contributed by atoms with Gasteiger partial charge >= 0.3 is 0 Å². The quantitative estimate of drug-likeness (QED) is 0.595. The first-order chi connectivity index (χ1) is 14.9. The standard InChI is InChI=1S/C23H26ClN3O3S/c1-17(23(28)25-16-18-6-5-7-20(24)14-18)27-13-10-19-15-21(8-9-22(19)27)31(29,30)26-11-3-2-4-12-26/h5-10,13-15,17H,2-4,11-12,16H2,1H3,(H,25,28)/t17-/m1/s1. The maximum absolute atomic E-state index is 13.0. The summed E-state index contributed by atoms with van der Waals surface area (Å²) in [4.78, 5) is 13.0. The van der Waals surface area contributed by atoms with Gasteiger partial charge in [0.15, 0.2) is 0 Å². The number of carbonyl (C=O) groups excluding carboxylic acids is 1. The average molecular weight is 460 g/mol. The Labute approximate surface area is 187 Å². The first-order valence-electron chi connectivity index (χ1n) is 10.5. The van der Waals surface area contributed by atoms with Gasteiger partial charge in [-0.25, -0.2) is 8.42 Å². The molecule has 0 radical (unpaired) electrons. The van der Waals surface area contributed by atoms with Crippen molar-refractivity contribution in [2.75, 3.05) is 13.1 Å². The predicted octanol–water partition coefficient (Wildman–Crippen LogP) is 4.35. The molecule has 6 nitrogen and oxygen atoms in total. The highest BCUT2D eigenvalue weighted by molar-refractivity contribution is 7.89. The van der Waals surface area contributed by atoms with E-state index >= 15 is 0 Å². The molecule has 164 valence electrons. The van der Waals surface area contributed by atoms with Crippen LogP contribution in [0.1, 0.15) is 37.8 Å². The first-order valence-corrected chi connectivity index (χ1v) is 12.3. The summed E-state index contributed by atoms with van der Waals surface area (Å²) in [5.74, 6) is -0.123. The lowest BCUT2D eigenvalue weighted by atomic mass is 10.2. The van der Waals surface area contributed by atoms with Crippen LogP contribution in [0.4, 0.5) is 0 Å². The molecule has 2 aromatic carbocycles. The van der Waals surface area contributed by atoms with Crippen LogP contribution in [0.25, 0.3) is 10.9 Å². The Kier molecular flexibility index (Phi) is 6.36. The van der Waals surface area contributed by atoms with Crippen LogP contribution < -0.4 is 5.32 Å². The minimum absolute atomic E-state index is 0.123. The van der Waals surface area contributed by atoms with E-state index in [2.05, 4.69) is 5.32 Å². The van der Waals surface area contributed by atoms with E-state index in [1.165, 1.54) is 0 Å². The molecule has 8 heteroatoms. The van der Waals surface area contributed by atoms with Gasteiger partial charge in [0.2, 0.25) is 15.9 Å². The number of aromatic nitrogens is 1. The second-order valence-electron chi connectivity index (χ2n) is 7.93. The van der Waals surface area contributed by atoms with Crippen LogP contribution in [-0.4, -0.2) is 36.3 Å². The molecule has 0 unspecified atom stereocenters. The molecular weight excluding hydrogens is 434 g/mol. The number of halogens is 1. The van der Waals surface area contributed by atoms with Crippen molar-refractivity contribution in [1.29, 1.82) is 0 Å². The first kappa shape index (κ1) is 21.9. The number of amides is 1. The Balaban J connectivity index is 1.51. The minimum Gasteiger partial charge on any atom is -0.350 e. The van der Waals surface area contributed by atoms with Crippen molar-refractivity contribution in [3.8, 4) is 0 Å². The Morgan fingerprint density at radius 2 is 1.87 bits per heavy atom. The second kappa shape index (κ2) is 9.02. The molecule has 0 aliphatic carbocycles. The van der Waals surface area contributed by atoms with E-state index in [9.17, 15) is 13.2 Å². The van der Waals surface area contributed by atoms with Crippen LogP contribution in [0.3, 0.4) is 0 Å². The lowest BCUT2D eigenvalue weighted by molar-refractivity contribution is -0.123. The fraction of sp³-hybridized carbons (Fsp3) is 0.348. The number of carbonyl (C=O) groups is 1. The zero-order valence-corrected chi connectivity index (χ0v) is 19.0. The fourth-order valence-corrected chi connectivity index (χ4v) is 5.77. The van der Waals surface area contributed by atoms with Crippen LogP contribution in [0.2, 0.25) is 5.02 Å². The fourth-order valence-electron chi connectivity index (χ4n) is 4.00. The molecule has 0 bridgehead atoms. The number of sulfonamides is 1. The summed E-state index contributed by atoms with van der Waals surface area (Å²) in [6.07, 6.45) is 4.70. The molecule has 1 atom stereocenters. The van der Waals surface area contributed by atoms with Crippen LogP contribution in [0, 0.1) is 0 Å². The summed E-state index contributed by atoms with van der Waals surface area (Å²) in [5.41, 5.74) is 1.75. The summed E-state index contributed by atoms with van der Waals surface area (Å²) in [5, 5.41) is 4.37. The van der Waals surface area contributed by atoms with Crippen molar-refractivity contribution in [3.63, 3.8) is 0 Å². The highest BCUT2D eigenvalue weighted by Crippen LogP contribution is 2.26. The van der Waals surface area contributed by atoms with Crippen molar-refractivity contribution in [2.45, 2.75) is 43.7 Å². The van der Waals surface area contributed by atoms with Gasteiger partial charge < -0.3 is 9.88 Å². The molecule has 31 heavy (non-hydrogen) atoms. The molecule has 3 aromatic rings. The van der Waals surface area contributed by atoms with E-state index in [1.807, 2.05) is 42.0 Å². The molecule has 1 aliphatic heterocycles. The van der Waals surface area contributed by atoms with E-state index in [0.29, 0.717) is 29.6 Å². The highest BCUT2D eigenvalue weighted by Gasteiger charge is 2.26. The van der Waals surface area contributed by atoms with Gasteiger partial charge in [-0.1, -0.05) is 30.2 Å². The summed E-state index contributed by atoms with van der Waals surface area (Å²) in [7, 11) is -3.49. The Bertz CT molecular complexity index is 1200. The molecule has 4 rings (SSSR count). The van der Waals surface area contributed by atoms with Crippen molar-refractivity contribution in [2.24, 2.45) is 0 Å².